The SMILES string of the molecule is O=C(NCCNc1ccccc1)c1ccc([N+](=O)[O-])c(O)c1. The molecule has 7 heteroatoms. The van der Waals surface area contributed by atoms with Crippen molar-refractivity contribution < 1.29 is 14.8 Å². The summed E-state index contributed by atoms with van der Waals surface area (Å²) >= 11 is 0. The van der Waals surface area contributed by atoms with E-state index in [4.69, 9.17) is 0 Å². The highest BCUT2D eigenvalue weighted by molar-refractivity contribution is 5.95. The molecule has 7 nitrogen and oxygen atoms in total. The van der Waals surface area contributed by atoms with Crippen molar-refractivity contribution in [1.82, 2.24) is 5.32 Å². The third-order valence-corrected chi connectivity index (χ3v) is 2.95. The third kappa shape index (κ3) is 3.95. The van der Waals surface area contributed by atoms with Crippen LogP contribution in [0.2, 0.25) is 0 Å². The van der Waals surface area contributed by atoms with E-state index >= 15 is 0 Å². The van der Waals surface area contributed by atoms with Crippen LogP contribution in [0.5, 0.6) is 5.75 Å². The van der Waals surface area contributed by atoms with Gasteiger partial charge >= 0.3 is 5.69 Å². The Balaban J connectivity index is 1.85. The van der Waals surface area contributed by atoms with Gasteiger partial charge in [0.15, 0.2) is 5.75 Å². The van der Waals surface area contributed by atoms with Gasteiger partial charge in [0.25, 0.3) is 5.91 Å². The van der Waals surface area contributed by atoms with E-state index in [1.807, 2.05) is 30.3 Å². The second kappa shape index (κ2) is 7.07. The van der Waals surface area contributed by atoms with Crippen LogP contribution in [0.25, 0.3) is 0 Å². The molecule has 3 N–H and O–H groups in total. The summed E-state index contributed by atoms with van der Waals surface area (Å²) in [5.41, 5.74) is 0.690. The predicted molar refractivity (Wildman–Crippen MR) is 82.0 cm³/mol. The minimum absolute atomic E-state index is 0.169. The maximum atomic E-state index is 11.9. The van der Waals surface area contributed by atoms with Gasteiger partial charge in [0, 0.05) is 30.4 Å². The van der Waals surface area contributed by atoms with Gasteiger partial charge in [-0.15, -0.1) is 0 Å². The van der Waals surface area contributed by atoms with Gasteiger partial charge < -0.3 is 15.7 Å². The average molecular weight is 301 g/mol. The Hall–Kier alpha value is -3.09. The number of phenolic OH excluding ortho intramolecular Hbond substituents is 1. The molecule has 0 saturated carbocycles. The highest BCUT2D eigenvalue weighted by atomic mass is 16.6. The van der Waals surface area contributed by atoms with Crippen LogP contribution in [0.15, 0.2) is 48.5 Å². The van der Waals surface area contributed by atoms with Gasteiger partial charge in [0.05, 0.1) is 4.92 Å². The highest BCUT2D eigenvalue weighted by Crippen LogP contribution is 2.26. The number of hydrogen-bond donors (Lipinski definition) is 3. The molecule has 1 amide bonds. The summed E-state index contributed by atoms with van der Waals surface area (Å²) in [4.78, 5) is 21.7. The zero-order valence-corrected chi connectivity index (χ0v) is 11.7. The number of carbonyl (C=O) groups is 1. The zero-order chi connectivity index (χ0) is 15.9. The normalized spacial score (nSPS) is 10.0. The molecule has 0 atom stereocenters. The Morgan fingerprint density at radius 3 is 2.50 bits per heavy atom. The lowest BCUT2D eigenvalue weighted by Crippen LogP contribution is -2.28. The van der Waals surface area contributed by atoms with Crippen LogP contribution in [-0.4, -0.2) is 29.0 Å². The second-order valence-electron chi connectivity index (χ2n) is 4.51. The maximum Gasteiger partial charge on any atom is 0.310 e. The van der Waals surface area contributed by atoms with Crippen molar-refractivity contribution in [3.05, 3.63) is 64.2 Å². The fourth-order valence-corrected chi connectivity index (χ4v) is 1.86. The van der Waals surface area contributed by atoms with Crippen LogP contribution in [0.4, 0.5) is 11.4 Å². The van der Waals surface area contributed by atoms with Gasteiger partial charge in [-0.25, -0.2) is 0 Å². The molecule has 0 unspecified atom stereocenters. The van der Waals surface area contributed by atoms with Gasteiger partial charge in [-0.05, 0) is 24.3 Å². The molecule has 0 saturated heterocycles. The number of nitrogens with one attached hydrogen (secondary N) is 2. The van der Waals surface area contributed by atoms with Crippen molar-refractivity contribution in [3.63, 3.8) is 0 Å². The minimum atomic E-state index is -0.708. The van der Waals surface area contributed by atoms with E-state index in [9.17, 15) is 20.0 Å². The molecule has 2 rings (SSSR count). The molecule has 2 aromatic carbocycles. The quantitative estimate of drug-likeness (QED) is 0.431. The van der Waals surface area contributed by atoms with Crippen molar-refractivity contribution >= 4 is 17.3 Å². The molecular formula is C15H15N3O4. The van der Waals surface area contributed by atoms with E-state index in [1.165, 1.54) is 6.07 Å². The summed E-state index contributed by atoms with van der Waals surface area (Å²) < 4.78 is 0. The Morgan fingerprint density at radius 2 is 1.86 bits per heavy atom. The first-order valence-corrected chi connectivity index (χ1v) is 6.62. The zero-order valence-electron chi connectivity index (χ0n) is 11.7. The molecule has 0 aromatic heterocycles. The van der Waals surface area contributed by atoms with E-state index in [0.717, 1.165) is 17.8 Å². The summed E-state index contributed by atoms with van der Waals surface area (Å²) in [6, 6.07) is 13.0. The molecule has 114 valence electrons. The van der Waals surface area contributed by atoms with E-state index in [0.29, 0.717) is 13.1 Å². The lowest BCUT2D eigenvalue weighted by Gasteiger charge is -2.08. The number of benzene rings is 2. The van der Waals surface area contributed by atoms with Gasteiger partial charge in [-0.3, -0.25) is 14.9 Å². The van der Waals surface area contributed by atoms with E-state index in [2.05, 4.69) is 10.6 Å². The van der Waals surface area contributed by atoms with Gasteiger partial charge in [0.2, 0.25) is 0 Å². The van der Waals surface area contributed by atoms with Gasteiger partial charge in [-0.1, -0.05) is 18.2 Å². The van der Waals surface area contributed by atoms with Crippen molar-refractivity contribution in [2.75, 3.05) is 18.4 Å². The van der Waals surface area contributed by atoms with E-state index in [-0.39, 0.29) is 5.56 Å². The Bertz CT molecular complexity index is 674. The number of para-hydroxylation sites is 1. The number of hydrogen-bond acceptors (Lipinski definition) is 5. The summed E-state index contributed by atoms with van der Waals surface area (Å²) in [6.45, 7) is 0.917. The van der Waals surface area contributed by atoms with Gasteiger partial charge in [-0.2, -0.15) is 0 Å². The molecule has 0 aliphatic carbocycles. The molecule has 22 heavy (non-hydrogen) atoms. The number of nitro groups is 1. The number of nitro benzene ring substituents is 1. The van der Waals surface area contributed by atoms with E-state index in [1.54, 1.807) is 0 Å². The largest absolute Gasteiger partial charge is 0.502 e. The Kier molecular flexibility index (Phi) is 4.92. The lowest BCUT2D eigenvalue weighted by molar-refractivity contribution is -0.385. The number of phenols is 1. The number of rotatable bonds is 6. The fourth-order valence-electron chi connectivity index (χ4n) is 1.86. The molecule has 0 fully saturated rings. The molecule has 0 aliphatic rings. The first-order chi connectivity index (χ1) is 10.6. The second-order valence-corrected chi connectivity index (χ2v) is 4.51. The monoisotopic (exact) mass is 301 g/mol. The standard InChI is InChI=1S/C15H15N3O4/c19-14-10-11(6-7-13(14)18(21)22)15(20)17-9-8-16-12-4-2-1-3-5-12/h1-7,10,16,19H,8-9H2,(H,17,20). The third-order valence-electron chi connectivity index (χ3n) is 2.95. The highest BCUT2D eigenvalue weighted by Gasteiger charge is 2.15. The number of carbonyl (C=O) groups excluding carboxylic acids is 1. The molecular weight excluding hydrogens is 286 g/mol. The Labute approximate surface area is 126 Å². The predicted octanol–water partition coefficient (Wildman–Crippen LogP) is 2.14. The first kappa shape index (κ1) is 15.3. The van der Waals surface area contributed by atoms with Crippen LogP contribution >= 0.6 is 0 Å². The molecule has 0 bridgehead atoms. The number of anilines is 1. The summed E-state index contributed by atoms with van der Waals surface area (Å²) in [6.07, 6.45) is 0. The van der Waals surface area contributed by atoms with Crippen molar-refractivity contribution in [2.45, 2.75) is 0 Å². The average Bonchev–Trinajstić information content (AvgIpc) is 2.52. The molecule has 0 heterocycles. The summed E-state index contributed by atoms with van der Waals surface area (Å²) in [5.74, 6) is -0.930. The Morgan fingerprint density at radius 1 is 1.14 bits per heavy atom. The molecule has 0 aliphatic heterocycles. The maximum absolute atomic E-state index is 11.9. The molecule has 0 spiro atoms. The number of nitrogens with zero attached hydrogens (tertiary/aromatic N) is 1. The van der Waals surface area contributed by atoms with Crippen molar-refractivity contribution in [3.8, 4) is 5.75 Å². The van der Waals surface area contributed by atoms with Crippen LogP contribution in [0.3, 0.4) is 0 Å². The first-order valence-electron chi connectivity index (χ1n) is 6.62. The fraction of sp³-hybridized carbons (Fsp3) is 0.133. The summed E-state index contributed by atoms with van der Waals surface area (Å²) in [5, 5.41) is 25.9. The van der Waals surface area contributed by atoms with E-state index < -0.39 is 22.3 Å². The smallest absolute Gasteiger partial charge is 0.310 e. The minimum Gasteiger partial charge on any atom is -0.502 e. The number of aromatic hydroxyl groups is 1. The molecule has 0 radical (unpaired) electrons. The molecule has 2 aromatic rings. The van der Waals surface area contributed by atoms with Crippen molar-refractivity contribution in [2.24, 2.45) is 0 Å². The number of amides is 1. The topological polar surface area (TPSA) is 104 Å². The van der Waals surface area contributed by atoms with Crippen molar-refractivity contribution in [1.29, 1.82) is 0 Å². The lowest BCUT2D eigenvalue weighted by atomic mass is 10.2. The van der Waals surface area contributed by atoms with Crippen LogP contribution in [0.1, 0.15) is 10.4 Å². The van der Waals surface area contributed by atoms with Crippen LogP contribution < -0.4 is 10.6 Å². The van der Waals surface area contributed by atoms with Crippen LogP contribution in [0, 0.1) is 10.1 Å². The van der Waals surface area contributed by atoms with Crippen LogP contribution in [-0.2, 0) is 0 Å². The summed E-state index contributed by atoms with van der Waals surface area (Å²) in [7, 11) is 0. The van der Waals surface area contributed by atoms with Gasteiger partial charge in [0.1, 0.15) is 0 Å².